The van der Waals surface area contributed by atoms with E-state index in [1.807, 2.05) is 0 Å². The number of aliphatic hydroxyl groups excluding tert-OH is 1. The van der Waals surface area contributed by atoms with Gasteiger partial charge in [0.15, 0.2) is 11.5 Å². The number of benzene rings is 1. The van der Waals surface area contributed by atoms with Crippen molar-refractivity contribution in [2.45, 2.75) is 19.6 Å². The molecule has 0 saturated heterocycles. The second-order valence-electron chi connectivity index (χ2n) is 4.18. The number of halogens is 1. The Morgan fingerprint density at radius 1 is 1.50 bits per heavy atom. The first-order valence-corrected chi connectivity index (χ1v) is 6.11. The van der Waals surface area contributed by atoms with E-state index >= 15 is 0 Å². The van der Waals surface area contributed by atoms with Crippen molar-refractivity contribution in [3.05, 3.63) is 21.7 Å². The molecule has 1 aromatic carbocycles. The van der Waals surface area contributed by atoms with Crippen LogP contribution in [0.5, 0.6) is 11.5 Å². The number of rotatable bonds is 2. The topological polar surface area (TPSA) is 65.0 Å². The molecule has 1 N–H and O–H groups in total. The largest absolute Gasteiger partial charge is 0.465 e. The zero-order chi connectivity index (χ0) is 13.5. The van der Waals surface area contributed by atoms with Crippen molar-refractivity contribution >= 4 is 21.9 Å². The number of hydrogen-bond acceptors (Lipinski definition) is 5. The maximum atomic E-state index is 11.6. The number of aliphatic hydroxyl groups is 1. The van der Waals surface area contributed by atoms with Crippen molar-refractivity contribution in [2.24, 2.45) is 0 Å². The Hall–Kier alpha value is -1.27. The van der Waals surface area contributed by atoms with Gasteiger partial charge in [-0.25, -0.2) is 4.79 Å². The van der Waals surface area contributed by atoms with E-state index in [0.29, 0.717) is 27.1 Å². The van der Waals surface area contributed by atoms with Crippen molar-refractivity contribution in [3.63, 3.8) is 0 Å². The number of carbonyl (C=O) groups excluding carboxylic acids is 1. The van der Waals surface area contributed by atoms with Crippen LogP contribution in [0.3, 0.4) is 0 Å². The maximum absolute atomic E-state index is 11.6. The highest BCUT2D eigenvalue weighted by atomic mass is 79.9. The summed E-state index contributed by atoms with van der Waals surface area (Å²) in [5, 5.41) is 9.25. The maximum Gasteiger partial charge on any atom is 0.338 e. The molecule has 1 heterocycles. The van der Waals surface area contributed by atoms with Crippen molar-refractivity contribution in [2.75, 3.05) is 13.7 Å². The standard InChI is InChI=1S/C12H13BrO5/c1-6-7(11(15)16-3)4-8(13)10-9(6)17-12(2,5-14)18-10/h4,14H,5H2,1-3H3/t12-/m1/s1. The van der Waals surface area contributed by atoms with Gasteiger partial charge in [0.2, 0.25) is 0 Å². The fraction of sp³-hybridized carbons (Fsp3) is 0.417. The first-order chi connectivity index (χ1) is 8.41. The summed E-state index contributed by atoms with van der Waals surface area (Å²) in [4.78, 5) is 11.6. The lowest BCUT2D eigenvalue weighted by Crippen LogP contribution is -2.38. The van der Waals surface area contributed by atoms with Crippen molar-refractivity contribution < 1.29 is 24.1 Å². The van der Waals surface area contributed by atoms with E-state index in [9.17, 15) is 9.90 Å². The zero-order valence-corrected chi connectivity index (χ0v) is 11.8. The van der Waals surface area contributed by atoms with E-state index in [2.05, 4.69) is 15.9 Å². The van der Waals surface area contributed by atoms with Crippen LogP contribution in [0.4, 0.5) is 0 Å². The molecule has 1 aliphatic rings. The molecule has 0 amide bonds. The highest BCUT2D eigenvalue weighted by molar-refractivity contribution is 9.10. The van der Waals surface area contributed by atoms with Crippen LogP contribution in [0.15, 0.2) is 10.5 Å². The van der Waals surface area contributed by atoms with Gasteiger partial charge >= 0.3 is 5.97 Å². The Morgan fingerprint density at radius 2 is 2.11 bits per heavy atom. The molecule has 2 rings (SSSR count). The van der Waals surface area contributed by atoms with Gasteiger partial charge in [-0.3, -0.25) is 0 Å². The Labute approximate surface area is 113 Å². The molecular weight excluding hydrogens is 304 g/mol. The smallest absolute Gasteiger partial charge is 0.338 e. The first kappa shape index (κ1) is 13.2. The molecule has 1 aliphatic heterocycles. The molecule has 0 spiro atoms. The summed E-state index contributed by atoms with van der Waals surface area (Å²) in [5.74, 6) is -0.639. The van der Waals surface area contributed by atoms with E-state index in [1.165, 1.54) is 7.11 Å². The predicted octanol–water partition coefficient (Wildman–Crippen LogP) is 2.02. The molecule has 0 bridgehead atoms. The van der Waals surface area contributed by atoms with Gasteiger partial charge in [0.05, 0.1) is 17.1 Å². The second kappa shape index (κ2) is 4.44. The lowest BCUT2D eigenvalue weighted by molar-refractivity contribution is -0.0991. The molecule has 0 aromatic heterocycles. The van der Waals surface area contributed by atoms with Crippen LogP contribution in [0, 0.1) is 6.92 Å². The number of hydrogen-bond donors (Lipinski definition) is 1. The Morgan fingerprint density at radius 3 is 2.67 bits per heavy atom. The first-order valence-electron chi connectivity index (χ1n) is 5.32. The quantitative estimate of drug-likeness (QED) is 0.846. The molecule has 1 atom stereocenters. The summed E-state index contributed by atoms with van der Waals surface area (Å²) in [7, 11) is 1.32. The second-order valence-corrected chi connectivity index (χ2v) is 5.03. The van der Waals surface area contributed by atoms with Gasteiger partial charge in [0, 0.05) is 12.5 Å². The van der Waals surface area contributed by atoms with Crippen molar-refractivity contribution in [1.29, 1.82) is 0 Å². The average molecular weight is 317 g/mol. The molecule has 6 heteroatoms. The van der Waals surface area contributed by atoms with Crippen LogP contribution in [0.1, 0.15) is 22.8 Å². The van der Waals surface area contributed by atoms with Gasteiger partial charge < -0.3 is 19.3 Å². The average Bonchev–Trinajstić information content (AvgIpc) is 2.72. The van der Waals surface area contributed by atoms with Gasteiger partial charge in [0.25, 0.3) is 5.79 Å². The number of fused-ring (bicyclic) bond motifs is 1. The Kier molecular flexibility index (Phi) is 3.25. The monoisotopic (exact) mass is 316 g/mol. The van der Waals surface area contributed by atoms with Gasteiger partial charge in [-0.15, -0.1) is 0 Å². The summed E-state index contributed by atoms with van der Waals surface area (Å²) < 4.78 is 16.4. The van der Waals surface area contributed by atoms with Crippen molar-refractivity contribution in [3.8, 4) is 11.5 Å². The molecule has 0 unspecified atom stereocenters. The third-order valence-corrected chi connectivity index (χ3v) is 3.36. The SMILES string of the molecule is COC(=O)c1cc(Br)c2c(c1C)O[C@@](C)(CO)O2. The molecule has 0 saturated carbocycles. The molecule has 18 heavy (non-hydrogen) atoms. The van der Waals surface area contributed by atoms with E-state index in [1.54, 1.807) is 19.9 Å². The van der Waals surface area contributed by atoms with Crippen LogP contribution < -0.4 is 9.47 Å². The van der Waals surface area contributed by atoms with Crippen LogP contribution in [-0.2, 0) is 4.74 Å². The number of methoxy groups -OCH3 is 1. The minimum absolute atomic E-state index is 0.291. The fourth-order valence-electron chi connectivity index (χ4n) is 1.76. The third-order valence-electron chi connectivity index (χ3n) is 2.77. The summed E-state index contributed by atoms with van der Waals surface area (Å²) in [6.07, 6.45) is 0. The zero-order valence-electron chi connectivity index (χ0n) is 10.2. The van der Waals surface area contributed by atoms with Gasteiger partial charge in [-0.05, 0) is 28.9 Å². The van der Waals surface area contributed by atoms with Crippen molar-refractivity contribution in [1.82, 2.24) is 0 Å². The molecule has 98 valence electrons. The molecule has 1 aromatic rings. The van der Waals surface area contributed by atoms with Crippen LogP contribution >= 0.6 is 15.9 Å². The molecule has 5 nitrogen and oxygen atoms in total. The minimum atomic E-state index is -1.12. The van der Waals surface area contributed by atoms with Crippen LogP contribution in [0.2, 0.25) is 0 Å². The fourth-order valence-corrected chi connectivity index (χ4v) is 2.25. The van der Waals surface area contributed by atoms with Gasteiger partial charge in [-0.2, -0.15) is 0 Å². The summed E-state index contributed by atoms with van der Waals surface area (Å²) in [6.45, 7) is 3.07. The molecule has 0 radical (unpaired) electrons. The summed E-state index contributed by atoms with van der Waals surface area (Å²) in [5.41, 5.74) is 1.02. The molecule has 0 aliphatic carbocycles. The highest BCUT2D eigenvalue weighted by Crippen LogP contribution is 2.47. The van der Waals surface area contributed by atoms with Gasteiger partial charge in [0.1, 0.15) is 6.61 Å². The van der Waals surface area contributed by atoms with E-state index in [4.69, 9.17) is 14.2 Å². The Bertz CT molecular complexity index is 514. The molecule has 0 fully saturated rings. The van der Waals surface area contributed by atoms with Crippen LogP contribution in [-0.4, -0.2) is 30.6 Å². The number of ether oxygens (including phenoxy) is 3. The summed E-state index contributed by atoms with van der Waals surface area (Å²) in [6, 6.07) is 1.62. The van der Waals surface area contributed by atoms with Gasteiger partial charge in [-0.1, -0.05) is 0 Å². The summed E-state index contributed by atoms with van der Waals surface area (Å²) >= 11 is 3.32. The lowest BCUT2D eigenvalue weighted by Gasteiger charge is -2.19. The molecular formula is C12H13BrO5. The van der Waals surface area contributed by atoms with E-state index in [-0.39, 0.29) is 6.61 Å². The van der Waals surface area contributed by atoms with E-state index in [0.717, 1.165) is 0 Å². The highest BCUT2D eigenvalue weighted by Gasteiger charge is 2.39. The number of esters is 1. The van der Waals surface area contributed by atoms with E-state index < -0.39 is 11.8 Å². The third kappa shape index (κ3) is 1.95. The number of carbonyl (C=O) groups is 1. The minimum Gasteiger partial charge on any atom is -0.465 e. The predicted molar refractivity (Wildman–Crippen MR) is 67.0 cm³/mol. The Balaban J connectivity index is 2.55. The van der Waals surface area contributed by atoms with Crippen LogP contribution in [0.25, 0.3) is 0 Å². The normalized spacial score (nSPS) is 20.9. The lowest BCUT2D eigenvalue weighted by atomic mass is 10.1.